The summed E-state index contributed by atoms with van der Waals surface area (Å²) in [7, 11) is -3.87. The lowest BCUT2D eigenvalue weighted by molar-refractivity contribution is 0.102. The topological polar surface area (TPSA) is 97.0 Å². The van der Waals surface area contributed by atoms with Crippen LogP contribution in [-0.2, 0) is 14.8 Å². The van der Waals surface area contributed by atoms with Gasteiger partial charge in [0.05, 0.1) is 24.7 Å². The molecule has 34 heavy (non-hydrogen) atoms. The third-order valence-electron chi connectivity index (χ3n) is 5.33. The van der Waals surface area contributed by atoms with Crippen LogP contribution < -0.4 is 19.7 Å². The molecule has 0 aromatic heterocycles. The fourth-order valence-corrected chi connectivity index (χ4v) is 4.69. The van der Waals surface area contributed by atoms with Crippen LogP contribution in [0.15, 0.2) is 77.7 Å². The molecule has 0 atom stereocenters. The lowest BCUT2D eigenvalue weighted by Crippen LogP contribution is -2.36. The minimum atomic E-state index is -3.87. The van der Waals surface area contributed by atoms with Crippen LogP contribution in [0.4, 0.5) is 17.1 Å². The van der Waals surface area contributed by atoms with Gasteiger partial charge in [0, 0.05) is 35.7 Å². The molecule has 0 spiro atoms. The maximum Gasteiger partial charge on any atom is 0.261 e. The van der Waals surface area contributed by atoms with Crippen molar-refractivity contribution in [1.29, 1.82) is 0 Å². The Morgan fingerprint density at radius 2 is 1.65 bits per heavy atom. The Labute approximate surface area is 199 Å². The molecule has 2 N–H and O–H groups in total. The Morgan fingerprint density at radius 3 is 2.32 bits per heavy atom. The Bertz CT molecular complexity index is 1220. The molecular weight excluding hydrogens is 454 g/mol. The second-order valence-corrected chi connectivity index (χ2v) is 9.37. The van der Waals surface area contributed by atoms with Crippen molar-refractivity contribution in [2.45, 2.75) is 11.8 Å². The molecule has 0 aliphatic carbocycles. The molecule has 3 aromatic rings. The summed E-state index contributed by atoms with van der Waals surface area (Å²) in [6.07, 6.45) is 0. The van der Waals surface area contributed by atoms with Crippen LogP contribution >= 0.6 is 0 Å². The molecule has 1 saturated heterocycles. The van der Waals surface area contributed by atoms with Crippen LogP contribution in [0.5, 0.6) is 5.75 Å². The van der Waals surface area contributed by atoms with Gasteiger partial charge in [-0.05, 0) is 73.7 Å². The largest absolute Gasteiger partial charge is 0.494 e. The summed E-state index contributed by atoms with van der Waals surface area (Å²) in [5, 5.41) is 2.82. The van der Waals surface area contributed by atoms with Gasteiger partial charge in [0.15, 0.2) is 0 Å². The van der Waals surface area contributed by atoms with E-state index in [1.54, 1.807) is 36.4 Å². The van der Waals surface area contributed by atoms with E-state index in [0.29, 0.717) is 36.9 Å². The zero-order chi connectivity index (χ0) is 24.0. The Morgan fingerprint density at radius 1 is 0.971 bits per heavy atom. The number of amides is 1. The van der Waals surface area contributed by atoms with E-state index in [2.05, 4.69) is 14.9 Å². The summed E-state index contributed by atoms with van der Waals surface area (Å²) < 4.78 is 39.0. The van der Waals surface area contributed by atoms with E-state index in [1.165, 1.54) is 12.1 Å². The normalized spacial score (nSPS) is 13.9. The fourth-order valence-electron chi connectivity index (χ4n) is 3.58. The van der Waals surface area contributed by atoms with Gasteiger partial charge >= 0.3 is 0 Å². The minimum Gasteiger partial charge on any atom is -0.494 e. The van der Waals surface area contributed by atoms with Gasteiger partial charge in [-0.15, -0.1) is 0 Å². The molecule has 0 unspecified atom stereocenters. The van der Waals surface area contributed by atoms with Crippen molar-refractivity contribution in [1.82, 2.24) is 0 Å². The molecule has 1 aliphatic heterocycles. The monoisotopic (exact) mass is 481 g/mol. The van der Waals surface area contributed by atoms with Gasteiger partial charge in [0.1, 0.15) is 5.75 Å². The summed E-state index contributed by atoms with van der Waals surface area (Å²) in [5.74, 6) is 0.263. The van der Waals surface area contributed by atoms with E-state index in [1.807, 2.05) is 31.2 Å². The van der Waals surface area contributed by atoms with Gasteiger partial charge < -0.3 is 19.7 Å². The first kappa shape index (κ1) is 23.6. The molecule has 8 nitrogen and oxygen atoms in total. The molecule has 1 heterocycles. The lowest BCUT2D eigenvalue weighted by atomic mass is 10.2. The summed E-state index contributed by atoms with van der Waals surface area (Å²) in [6, 6.07) is 20.1. The molecule has 4 rings (SSSR count). The van der Waals surface area contributed by atoms with Gasteiger partial charge in [-0.1, -0.05) is 6.07 Å². The number of morpholine rings is 1. The van der Waals surface area contributed by atoms with Crippen LogP contribution in [0.2, 0.25) is 0 Å². The first-order chi connectivity index (χ1) is 16.4. The number of rotatable bonds is 8. The predicted molar refractivity (Wildman–Crippen MR) is 132 cm³/mol. The van der Waals surface area contributed by atoms with Crippen LogP contribution in [-0.4, -0.2) is 47.2 Å². The van der Waals surface area contributed by atoms with Gasteiger partial charge in [-0.3, -0.25) is 9.52 Å². The molecule has 1 amide bonds. The summed E-state index contributed by atoms with van der Waals surface area (Å²) in [4.78, 5) is 15.0. The Balaban J connectivity index is 1.43. The van der Waals surface area contributed by atoms with E-state index in [0.717, 1.165) is 18.8 Å². The molecule has 0 saturated carbocycles. The van der Waals surface area contributed by atoms with Crippen LogP contribution in [0.3, 0.4) is 0 Å². The van der Waals surface area contributed by atoms with Crippen molar-refractivity contribution in [2.24, 2.45) is 0 Å². The number of hydrogen-bond acceptors (Lipinski definition) is 6. The minimum absolute atomic E-state index is 0.00306. The molecule has 1 fully saturated rings. The summed E-state index contributed by atoms with van der Waals surface area (Å²) >= 11 is 0. The number of carbonyl (C=O) groups is 1. The Kier molecular flexibility index (Phi) is 7.34. The van der Waals surface area contributed by atoms with E-state index >= 15 is 0 Å². The number of sulfonamides is 1. The van der Waals surface area contributed by atoms with Crippen molar-refractivity contribution in [3.8, 4) is 5.75 Å². The van der Waals surface area contributed by atoms with Crippen molar-refractivity contribution in [3.63, 3.8) is 0 Å². The van der Waals surface area contributed by atoms with E-state index in [9.17, 15) is 13.2 Å². The lowest BCUT2D eigenvalue weighted by Gasteiger charge is -2.28. The highest BCUT2D eigenvalue weighted by molar-refractivity contribution is 7.92. The second-order valence-electron chi connectivity index (χ2n) is 7.69. The molecule has 0 radical (unpaired) electrons. The van der Waals surface area contributed by atoms with Crippen molar-refractivity contribution < 1.29 is 22.7 Å². The maximum atomic E-state index is 12.8. The smallest absolute Gasteiger partial charge is 0.261 e. The third-order valence-corrected chi connectivity index (χ3v) is 6.70. The highest BCUT2D eigenvalue weighted by Crippen LogP contribution is 2.22. The number of carbonyl (C=O) groups excluding carboxylic acids is 1. The first-order valence-corrected chi connectivity index (χ1v) is 12.5. The third kappa shape index (κ3) is 5.86. The number of ether oxygens (including phenoxy) is 2. The van der Waals surface area contributed by atoms with Crippen LogP contribution in [0.1, 0.15) is 17.3 Å². The molecule has 178 valence electrons. The van der Waals surface area contributed by atoms with Gasteiger partial charge in [0.25, 0.3) is 15.9 Å². The standard InChI is InChI=1S/C25H27N3O5S/c1-2-33-23-12-8-21(9-13-23)27-34(30,31)24-5-3-4-19(18-24)25(29)26-20-6-10-22(11-7-20)28-14-16-32-17-15-28/h3-13,18,27H,2,14-17H2,1H3,(H,26,29). The number of nitrogens with one attached hydrogen (secondary N) is 2. The van der Waals surface area contributed by atoms with Crippen molar-refractivity contribution in [3.05, 3.63) is 78.4 Å². The van der Waals surface area contributed by atoms with E-state index in [4.69, 9.17) is 9.47 Å². The number of hydrogen-bond donors (Lipinski definition) is 2. The van der Waals surface area contributed by atoms with Gasteiger partial charge in [-0.25, -0.2) is 8.42 Å². The highest BCUT2D eigenvalue weighted by atomic mass is 32.2. The summed E-state index contributed by atoms with van der Waals surface area (Å²) in [6.45, 7) is 5.46. The van der Waals surface area contributed by atoms with Crippen molar-refractivity contribution in [2.75, 3.05) is 47.8 Å². The fraction of sp³-hybridized carbons (Fsp3) is 0.240. The molecule has 9 heteroatoms. The quantitative estimate of drug-likeness (QED) is 0.505. The predicted octanol–water partition coefficient (Wildman–Crippen LogP) is 3.98. The molecule has 3 aromatic carbocycles. The SMILES string of the molecule is CCOc1ccc(NS(=O)(=O)c2cccc(C(=O)Nc3ccc(N4CCOCC4)cc3)c2)cc1. The number of benzene rings is 3. The average Bonchev–Trinajstić information content (AvgIpc) is 2.86. The molecular formula is C25H27N3O5S. The van der Waals surface area contributed by atoms with Crippen LogP contribution in [0.25, 0.3) is 0 Å². The summed E-state index contributed by atoms with van der Waals surface area (Å²) in [5.41, 5.74) is 2.34. The maximum absolute atomic E-state index is 12.8. The number of nitrogens with zero attached hydrogens (tertiary/aromatic N) is 1. The first-order valence-electron chi connectivity index (χ1n) is 11.0. The number of anilines is 3. The molecule has 1 aliphatic rings. The Hall–Kier alpha value is -3.56. The highest BCUT2D eigenvalue weighted by Gasteiger charge is 2.17. The second kappa shape index (κ2) is 10.6. The average molecular weight is 482 g/mol. The van der Waals surface area contributed by atoms with E-state index in [-0.39, 0.29) is 10.5 Å². The van der Waals surface area contributed by atoms with Crippen LogP contribution in [0, 0.1) is 0 Å². The van der Waals surface area contributed by atoms with E-state index < -0.39 is 15.9 Å². The van der Waals surface area contributed by atoms with Crippen molar-refractivity contribution >= 4 is 33.0 Å². The van der Waals surface area contributed by atoms with Gasteiger partial charge in [0.2, 0.25) is 0 Å². The van der Waals surface area contributed by atoms with Gasteiger partial charge in [-0.2, -0.15) is 0 Å². The molecule has 0 bridgehead atoms. The zero-order valence-electron chi connectivity index (χ0n) is 18.9. The zero-order valence-corrected chi connectivity index (χ0v) is 19.7.